The second kappa shape index (κ2) is 13.6. The van der Waals surface area contributed by atoms with Crippen LogP contribution in [-0.4, -0.2) is 69.4 Å². The average molecular weight is 661 g/mol. The van der Waals surface area contributed by atoms with Crippen molar-refractivity contribution >= 4 is 80.8 Å². The monoisotopic (exact) mass is 659 g/mol. The van der Waals surface area contributed by atoms with Crippen LogP contribution in [0.3, 0.4) is 0 Å². The third kappa shape index (κ3) is 6.54. The van der Waals surface area contributed by atoms with Gasteiger partial charge in [-0.05, 0) is 17.2 Å². The minimum Gasteiger partial charge on any atom is -0.448 e. The standard InChI is InChI=1S/C28H23Cl2N5O6S2/c1-40-34-20(19-23(30)43-28(33-19)31-18(36)14-29)24(37)32-21-25(38)35-17(12-13-42-26(21)35)27(39)41-22(15-8-4-2-5-9-15)16-10-6-3-7-11-16/h2-12,21-22,26H,13-14H2,1H3,(H,32,37)(H,31,33,36)/b34-20+/t21-,26-/m1/s1. The number of oxime groups is 1. The molecule has 1 fully saturated rings. The first-order valence-corrected chi connectivity index (χ1v) is 15.5. The quantitative estimate of drug-likeness (QED) is 0.110. The largest absolute Gasteiger partial charge is 0.448 e. The molecule has 0 radical (unpaired) electrons. The van der Waals surface area contributed by atoms with E-state index in [1.807, 2.05) is 60.7 Å². The molecule has 43 heavy (non-hydrogen) atoms. The van der Waals surface area contributed by atoms with Gasteiger partial charge in [0.25, 0.3) is 11.8 Å². The highest BCUT2D eigenvalue weighted by atomic mass is 35.5. The number of thiazole rings is 1. The van der Waals surface area contributed by atoms with E-state index >= 15 is 0 Å². The molecule has 2 atom stereocenters. The fourth-order valence-electron chi connectivity index (χ4n) is 4.43. The van der Waals surface area contributed by atoms with Crippen molar-refractivity contribution < 1.29 is 28.8 Å². The molecule has 11 nitrogen and oxygen atoms in total. The normalized spacial score (nSPS) is 17.9. The lowest BCUT2D eigenvalue weighted by molar-refractivity contribution is -0.154. The molecular weight excluding hydrogens is 637 g/mol. The van der Waals surface area contributed by atoms with E-state index in [9.17, 15) is 19.2 Å². The molecule has 2 aliphatic heterocycles. The van der Waals surface area contributed by atoms with Crippen LogP contribution in [0.2, 0.25) is 4.34 Å². The van der Waals surface area contributed by atoms with Gasteiger partial charge in [0.15, 0.2) is 16.9 Å². The van der Waals surface area contributed by atoms with Gasteiger partial charge in [-0.3, -0.25) is 19.3 Å². The predicted molar refractivity (Wildman–Crippen MR) is 164 cm³/mol. The molecule has 3 amide bonds. The molecule has 3 aromatic rings. The van der Waals surface area contributed by atoms with Gasteiger partial charge < -0.3 is 20.2 Å². The van der Waals surface area contributed by atoms with Crippen LogP contribution in [0.1, 0.15) is 22.9 Å². The van der Waals surface area contributed by atoms with Crippen LogP contribution in [-0.2, 0) is 28.8 Å². The number of hydrogen-bond donors (Lipinski definition) is 2. The maximum Gasteiger partial charge on any atom is 0.355 e. The molecule has 0 saturated carbocycles. The molecule has 5 rings (SSSR count). The lowest BCUT2D eigenvalue weighted by Crippen LogP contribution is -2.70. The van der Waals surface area contributed by atoms with E-state index in [2.05, 4.69) is 20.8 Å². The number of rotatable bonds is 10. The van der Waals surface area contributed by atoms with Crippen LogP contribution >= 0.6 is 46.3 Å². The number of amides is 3. The Morgan fingerprint density at radius 3 is 2.37 bits per heavy atom. The van der Waals surface area contributed by atoms with E-state index in [1.54, 1.807) is 6.08 Å². The molecular formula is C28H23Cl2N5O6S2. The maximum absolute atomic E-state index is 13.5. The second-order valence-corrected chi connectivity index (χ2v) is 12.0. The van der Waals surface area contributed by atoms with Crippen LogP contribution in [0.25, 0.3) is 0 Å². The van der Waals surface area contributed by atoms with Crippen molar-refractivity contribution in [3.05, 3.63) is 93.6 Å². The van der Waals surface area contributed by atoms with Crippen molar-refractivity contribution in [1.82, 2.24) is 15.2 Å². The Hall–Kier alpha value is -3.91. The first kappa shape index (κ1) is 30.5. The summed E-state index contributed by atoms with van der Waals surface area (Å²) in [6.07, 6.45) is 0.946. The molecule has 2 aromatic carbocycles. The fourth-order valence-corrected chi connectivity index (χ4v) is 6.75. The summed E-state index contributed by atoms with van der Waals surface area (Å²) in [5.74, 6) is -2.34. The Labute approximate surface area is 264 Å². The number of β-lactam (4-membered cyclic amide) rings is 1. The molecule has 0 spiro atoms. The highest BCUT2D eigenvalue weighted by Crippen LogP contribution is 2.39. The molecule has 0 bridgehead atoms. The SMILES string of the molecule is CO/N=C(/C(=O)N[C@@H]1C(=O)N2C(C(=O)OC(c3ccccc3)c3ccccc3)=CCS[C@H]12)c1nc(NC(=O)CCl)sc1Cl. The molecule has 222 valence electrons. The van der Waals surface area contributed by atoms with Crippen LogP contribution in [0, 0.1) is 0 Å². The molecule has 2 aliphatic rings. The Kier molecular flexibility index (Phi) is 9.65. The Balaban J connectivity index is 1.30. The van der Waals surface area contributed by atoms with Crippen molar-refractivity contribution in [1.29, 1.82) is 0 Å². The van der Waals surface area contributed by atoms with Gasteiger partial charge in [-0.15, -0.1) is 23.4 Å². The van der Waals surface area contributed by atoms with E-state index in [0.717, 1.165) is 22.5 Å². The summed E-state index contributed by atoms with van der Waals surface area (Å²) in [6, 6.07) is 17.6. The third-order valence-corrected chi connectivity index (χ3v) is 8.94. The number of carbonyl (C=O) groups excluding carboxylic acids is 4. The summed E-state index contributed by atoms with van der Waals surface area (Å²) < 4.78 is 6.02. The van der Waals surface area contributed by atoms with Crippen molar-refractivity contribution in [2.45, 2.75) is 17.5 Å². The number of ether oxygens (including phenoxy) is 1. The average Bonchev–Trinajstić information content (AvgIpc) is 3.39. The number of nitrogens with zero attached hydrogens (tertiary/aromatic N) is 3. The highest BCUT2D eigenvalue weighted by molar-refractivity contribution is 8.00. The van der Waals surface area contributed by atoms with Crippen molar-refractivity contribution in [2.75, 3.05) is 24.1 Å². The Bertz CT molecular complexity index is 1560. The van der Waals surface area contributed by atoms with E-state index in [0.29, 0.717) is 5.75 Å². The van der Waals surface area contributed by atoms with Gasteiger partial charge in [0.05, 0.1) is 0 Å². The van der Waals surface area contributed by atoms with Gasteiger partial charge in [0.2, 0.25) is 5.91 Å². The number of esters is 1. The minimum absolute atomic E-state index is 0.0483. The number of alkyl halides is 1. The lowest BCUT2D eigenvalue weighted by Gasteiger charge is -2.48. The zero-order valence-corrected chi connectivity index (χ0v) is 25.5. The number of aromatic nitrogens is 1. The van der Waals surface area contributed by atoms with Crippen molar-refractivity contribution in [2.24, 2.45) is 5.16 Å². The van der Waals surface area contributed by atoms with Crippen LogP contribution < -0.4 is 10.6 Å². The number of thioether (sulfide) groups is 1. The molecule has 3 heterocycles. The highest BCUT2D eigenvalue weighted by Gasteiger charge is 2.53. The summed E-state index contributed by atoms with van der Waals surface area (Å²) in [7, 11) is 1.23. The van der Waals surface area contributed by atoms with Crippen molar-refractivity contribution in [3.63, 3.8) is 0 Å². The van der Waals surface area contributed by atoms with Gasteiger partial charge in [-0.25, -0.2) is 9.78 Å². The molecule has 2 N–H and O–H groups in total. The summed E-state index contributed by atoms with van der Waals surface area (Å²) >= 11 is 14.1. The van der Waals surface area contributed by atoms with Gasteiger partial charge in [-0.2, -0.15) is 0 Å². The summed E-state index contributed by atoms with van der Waals surface area (Å²) in [5, 5.41) is 8.39. The van der Waals surface area contributed by atoms with Gasteiger partial charge in [0, 0.05) is 5.75 Å². The molecule has 15 heteroatoms. The van der Waals surface area contributed by atoms with Crippen LogP contribution in [0.4, 0.5) is 5.13 Å². The fraction of sp³-hybridized carbons (Fsp3) is 0.214. The molecule has 1 aromatic heterocycles. The van der Waals surface area contributed by atoms with E-state index < -0.39 is 41.2 Å². The summed E-state index contributed by atoms with van der Waals surface area (Å²) in [5.41, 5.74) is 1.31. The van der Waals surface area contributed by atoms with Gasteiger partial charge >= 0.3 is 5.97 Å². The number of carbonyl (C=O) groups is 4. The number of fused-ring (bicyclic) bond motifs is 1. The first-order valence-electron chi connectivity index (χ1n) is 12.7. The van der Waals surface area contributed by atoms with E-state index in [-0.39, 0.29) is 32.5 Å². The predicted octanol–water partition coefficient (Wildman–Crippen LogP) is 3.94. The number of anilines is 1. The second-order valence-electron chi connectivity index (χ2n) is 9.02. The first-order chi connectivity index (χ1) is 20.8. The maximum atomic E-state index is 13.5. The van der Waals surface area contributed by atoms with E-state index in [4.69, 9.17) is 32.8 Å². The van der Waals surface area contributed by atoms with Crippen LogP contribution in [0.15, 0.2) is 77.6 Å². The molecule has 0 aliphatic carbocycles. The minimum atomic E-state index is -0.970. The summed E-state index contributed by atoms with van der Waals surface area (Å²) in [4.78, 5) is 61.9. The number of benzene rings is 2. The van der Waals surface area contributed by atoms with E-state index in [1.165, 1.54) is 23.8 Å². The summed E-state index contributed by atoms with van der Waals surface area (Å²) in [6.45, 7) is 0. The van der Waals surface area contributed by atoms with Crippen LogP contribution in [0.5, 0.6) is 0 Å². The van der Waals surface area contributed by atoms with Gasteiger partial charge in [-0.1, -0.05) is 88.8 Å². The number of halogens is 2. The topological polar surface area (TPSA) is 139 Å². The Morgan fingerprint density at radius 1 is 1.12 bits per heavy atom. The van der Waals surface area contributed by atoms with Gasteiger partial charge in [0.1, 0.15) is 40.1 Å². The lowest BCUT2D eigenvalue weighted by atomic mass is 10.0. The zero-order chi connectivity index (χ0) is 30.5. The number of hydrogen-bond acceptors (Lipinski definition) is 10. The molecule has 0 unspecified atom stereocenters. The Morgan fingerprint density at radius 2 is 1.77 bits per heavy atom. The number of nitrogens with one attached hydrogen (secondary N) is 2. The third-order valence-electron chi connectivity index (χ3n) is 6.35. The van der Waals surface area contributed by atoms with Crippen molar-refractivity contribution in [3.8, 4) is 0 Å². The smallest absolute Gasteiger partial charge is 0.355 e. The molecule has 1 saturated heterocycles. The zero-order valence-electron chi connectivity index (χ0n) is 22.4.